The van der Waals surface area contributed by atoms with Gasteiger partial charge in [-0.25, -0.2) is 0 Å². The molecule has 8 nitrogen and oxygen atoms in total. The van der Waals surface area contributed by atoms with Crippen LogP contribution in [0.15, 0.2) is 0 Å². The van der Waals surface area contributed by atoms with Crippen LogP contribution in [0.2, 0.25) is 0 Å². The van der Waals surface area contributed by atoms with Gasteiger partial charge in [-0.05, 0) is 12.8 Å². The largest absolute Gasteiger partial charge is 0.469 e. The smallest absolute Gasteiger partial charge is 0.312 e. The number of ether oxygens (including phenoxy) is 4. The van der Waals surface area contributed by atoms with Crippen LogP contribution in [-0.2, 0) is 33.3 Å². The zero-order valence-corrected chi connectivity index (χ0v) is 12.8. The molecule has 0 aliphatic carbocycles. The van der Waals surface area contributed by atoms with Crippen LogP contribution in [0.3, 0.4) is 0 Å². The molecule has 1 N–H and O–H groups in total. The van der Waals surface area contributed by atoms with Crippen LogP contribution in [0.1, 0.15) is 19.8 Å². The lowest BCUT2D eigenvalue weighted by Gasteiger charge is -2.34. The zero-order valence-electron chi connectivity index (χ0n) is 12.8. The van der Waals surface area contributed by atoms with Crippen molar-refractivity contribution in [3.05, 3.63) is 0 Å². The Bertz CT molecular complexity index is 489. The molecule has 2 fully saturated rings. The van der Waals surface area contributed by atoms with Crippen molar-refractivity contribution < 1.29 is 38.4 Å². The fourth-order valence-electron chi connectivity index (χ4n) is 3.56. The summed E-state index contributed by atoms with van der Waals surface area (Å²) in [6.45, 7) is 0.615. The first kappa shape index (κ1) is 16.7. The molecule has 2 aliphatic heterocycles. The van der Waals surface area contributed by atoms with Gasteiger partial charge in [0.25, 0.3) is 0 Å². The molecule has 0 radical (unpaired) electrons. The van der Waals surface area contributed by atoms with Gasteiger partial charge in [-0.1, -0.05) is 0 Å². The number of hydrogen-bond donors (Lipinski definition) is 1. The van der Waals surface area contributed by atoms with Crippen LogP contribution in [-0.4, -0.2) is 61.6 Å². The summed E-state index contributed by atoms with van der Waals surface area (Å²) < 4.78 is 20.5. The number of fused-ring (bicyclic) bond motifs is 2. The lowest BCUT2D eigenvalue weighted by molar-refractivity contribution is -0.166. The van der Waals surface area contributed by atoms with E-state index in [4.69, 9.17) is 18.9 Å². The van der Waals surface area contributed by atoms with Crippen LogP contribution in [0.25, 0.3) is 0 Å². The first-order chi connectivity index (χ1) is 10.4. The molecule has 2 rings (SSSR count). The summed E-state index contributed by atoms with van der Waals surface area (Å²) >= 11 is 0. The maximum Gasteiger partial charge on any atom is 0.312 e. The van der Waals surface area contributed by atoms with Crippen molar-refractivity contribution in [2.45, 2.75) is 31.0 Å². The first-order valence-corrected chi connectivity index (χ1v) is 6.96. The Hall–Kier alpha value is -1.67. The van der Waals surface area contributed by atoms with Crippen molar-refractivity contribution in [1.82, 2.24) is 0 Å². The molecule has 0 unspecified atom stereocenters. The number of rotatable bonds is 5. The maximum atomic E-state index is 12.2. The fraction of sp³-hybridized carbons (Fsp3) is 0.786. The molecule has 0 spiro atoms. The highest BCUT2D eigenvalue weighted by Crippen LogP contribution is 2.58. The molecule has 0 saturated carbocycles. The second-order valence-corrected chi connectivity index (χ2v) is 5.67. The van der Waals surface area contributed by atoms with E-state index in [0.29, 0.717) is 12.8 Å². The van der Waals surface area contributed by atoms with Crippen LogP contribution >= 0.6 is 0 Å². The molecule has 0 aromatic heterocycles. The second kappa shape index (κ2) is 5.85. The number of hydrogen-bond acceptors (Lipinski definition) is 8. The molecule has 4 atom stereocenters. The normalized spacial score (nSPS) is 36.0. The average Bonchev–Trinajstić information content (AvgIpc) is 3.03. The predicted octanol–water partition coefficient (Wildman–Crippen LogP) is -0.578. The number of aliphatic hydroxyl groups is 1. The minimum Gasteiger partial charge on any atom is -0.469 e. The van der Waals surface area contributed by atoms with Gasteiger partial charge in [-0.2, -0.15) is 0 Å². The van der Waals surface area contributed by atoms with Gasteiger partial charge in [0.2, 0.25) is 0 Å². The van der Waals surface area contributed by atoms with E-state index in [1.165, 1.54) is 21.1 Å². The van der Waals surface area contributed by atoms with Crippen LogP contribution in [0.5, 0.6) is 0 Å². The van der Waals surface area contributed by atoms with E-state index in [2.05, 4.69) is 0 Å². The molecule has 2 bridgehead atoms. The Morgan fingerprint density at radius 2 is 1.59 bits per heavy atom. The van der Waals surface area contributed by atoms with Gasteiger partial charge >= 0.3 is 17.9 Å². The van der Waals surface area contributed by atoms with Crippen molar-refractivity contribution in [3.63, 3.8) is 0 Å². The monoisotopic (exact) mass is 316 g/mol. The molecule has 2 aliphatic rings. The van der Waals surface area contributed by atoms with Gasteiger partial charge in [0.15, 0.2) is 0 Å². The summed E-state index contributed by atoms with van der Waals surface area (Å²) in [5, 5.41) is 9.73. The maximum absolute atomic E-state index is 12.2. The molecule has 2 saturated heterocycles. The van der Waals surface area contributed by atoms with Gasteiger partial charge in [0, 0.05) is 6.92 Å². The van der Waals surface area contributed by atoms with E-state index in [1.807, 2.05) is 0 Å². The van der Waals surface area contributed by atoms with E-state index in [1.54, 1.807) is 0 Å². The van der Waals surface area contributed by atoms with Crippen molar-refractivity contribution in [2.24, 2.45) is 11.8 Å². The molecular formula is C14H20O8. The number of esters is 3. The SMILES string of the molecule is COC(=O)[C@@H]1[C@H](C(=O)OC)[C@]2(CO)CC[C@@]1(COC(C)=O)O2. The van der Waals surface area contributed by atoms with Gasteiger partial charge in [0.05, 0.1) is 20.8 Å². The van der Waals surface area contributed by atoms with E-state index < -0.39 is 47.6 Å². The van der Waals surface area contributed by atoms with E-state index in [0.717, 1.165) is 0 Å². The molecule has 22 heavy (non-hydrogen) atoms. The zero-order chi connectivity index (χ0) is 16.5. The molecule has 0 amide bonds. The predicted molar refractivity (Wildman–Crippen MR) is 70.5 cm³/mol. The third-order valence-corrected chi connectivity index (χ3v) is 4.54. The Balaban J connectivity index is 2.42. The third kappa shape index (κ3) is 2.36. The highest BCUT2D eigenvalue weighted by Gasteiger charge is 2.72. The van der Waals surface area contributed by atoms with Gasteiger partial charge < -0.3 is 24.1 Å². The first-order valence-electron chi connectivity index (χ1n) is 6.96. The summed E-state index contributed by atoms with van der Waals surface area (Å²) in [5.74, 6) is -3.83. The summed E-state index contributed by atoms with van der Waals surface area (Å²) in [6.07, 6.45) is 0.728. The minimum atomic E-state index is -1.22. The molecular weight excluding hydrogens is 296 g/mol. The van der Waals surface area contributed by atoms with Crippen molar-refractivity contribution in [1.29, 1.82) is 0 Å². The topological polar surface area (TPSA) is 108 Å². The lowest BCUT2D eigenvalue weighted by Crippen LogP contribution is -2.52. The summed E-state index contributed by atoms with van der Waals surface area (Å²) in [7, 11) is 2.40. The Kier molecular flexibility index (Phi) is 4.44. The molecule has 124 valence electrons. The second-order valence-electron chi connectivity index (χ2n) is 5.67. The molecule has 2 heterocycles. The highest BCUT2D eigenvalue weighted by molar-refractivity contribution is 5.85. The molecule has 8 heteroatoms. The Morgan fingerprint density at radius 3 is 2.05 bits per heavy atom. The summed E-state index contributed by atoms with van der Waals surface area (Å²) in [5.41, 5.74) is -2.40. The van der Waals surface area contributed by atoms with Gasteiger partial charge in [-0.15, -0.1) is 0 Å². The van der Waals surface area contributed by atoms with E-state index in [-0.39, 0.29) is 6.61 Å². The lowest BCUT2D eigenvalue weighted by atomic mass is 9.66. The van der Waals surface area contributed by atoms with Crippen molar-refractivity contribution in [3.8, 4) is 0 Å². The number of carbonyl (C=O) groups excluding carboxylic acids is 3. The number of carbonyl (C=O) groups is 3. The van der Waals surface area contributed by atoms with E-state index in [9.17, 15) is 19.5 Å². The van der Waals surface area contributed by atoms with Crippen molar-refractivity contribution >= 4 is 17.9 Å². The quantitative estimate of drug-likeness (QED) is 0.530. The summed E-state index contributed by atoms with van der Waals surface area (Å²) in [4.78, 5) is 35.5. The highest BCUT2D eigenvalue weighted by atomic mass is 16.6. The van der Waals surface area contributed by atoms with Gasteiger partial charge in [0.1, 0.15) is 29.6 Å². The van der Waals surface area contributed by atoms with Crippen LogP contribution in [0.4, 0.5) is 0 Å². The van der Waals surface area contributed by atoms with Gasteiger partial charge in [-0.3, -0.25) is 14.4 Å². The van der Waals surface area contributed by atoms with Crippen LogP contribution in [0, 0.1) is 11.8 Å². The van der Waals surface area contributed by atoms with Crippen molar-refractivity contribution in [2.75, 3.05) is 27.4 Å². The van der Waals surface area contributed by atoms with Crippen LogP contribution < -0.4 is 0 Å². The Labute approximate surface area is 127 Å². The van der Waals surface area contributed by atoms with E-state index >= 15 is 0 Å². The third-order valence-electron chi connectivity index (χ3n) is 4.54. The average molecular weight is 316 g/mol. The molecule has 0 aromatic carbocycles. The Morgan fingerprint density at radius 1 is 1.09 bits per heavy atom. The number of methoxy groups -OCH3 is 2. The standard InChI is InChI=1S/C14H20O8/c1-8(16)21-7-14-5-4-13(6-15,22-14)9(11(17)19-2)10(14)12(18)20-3/h9-10,15H,4-7H2,1-3H3/t9-,10+,13-,14+/m1/s1. The fourth-order valence-corrected chi connectivity index (χ4v) is 3.56. The summed E-state index contributed by atoms with van der Waals surface area (Å²) in [6, 6.07) is 0. The molecule has 0 aromatic rings. The minimum absolute atomic E-state index is 0.183. The number of aliphatic hydroxyl groups excluding tert-OH is 1.